The summed E-state index contributed by atoms with van der Waals surface area (Å²) < 4.78 is 26.9. The summed E-state index contributed by atoms with van der Waals surface area (Å²) in [7, 11) is -3.61. The molecule has 0 unspecified atom stereocenters. The average molecular weight is 279 g/mol. The van der Waals surface area contributed by atoms with Gasteiger partial charge in [-0.3, -0.25) is 0 Å². The van der Waals surface area contributed by atoms with Gasteiger partial charge in [-0.15, -0.1) is 0 Å². The largest absolute Gasteiger partial charge is 0.398 e. The van der Waals surface area contributed by atoms with E-state index in [-0.39, 0.29) is 16.0 Å². The Kier molecular flexibility index (Phi) is 3.52. The Balaban J connectivity index is 2.17. The molecule has 102 valence electrons. The quantitative estimate of drug-likeness (QED) is 0.818. The van der Waals surface area contributed by atoms with E-state index in [4.69, 9.17) is 11.0 Å². The lowest BCUT2D eigenvalue weighted by Gasteiger charge is -2.38. The van der Waals surface area contributed by atoms with E-state index in [1.807, 2.05) is 6.07 Å². The minimum atomic E-state index is -3.61. The fourth-order valence-corrected chi connectivity index (χ4v) is 3.48. The van der Waals surface area contributed by atoms with Gasteiger partial charge in [0.15, 0.2) is 0 Å². The van der Waals surface area contributed by atoms with E-state index in [1.54, 1.807) is 0 Å². The lowest BCUT2D eigenvalue weighted by atomic mass is 9.71. The summed E-state index contributed by atoms with van der Waals surface area (Å²) in [5, 5.41) is 8.73. The van der Waals surface area contributed by atoms with Gasteiger partial charge in [-0.2, -0.15) is 5.26 Å². The molecule has 0 aromatic heterocycles. The van der Waals surface area contributed by atoms with Crippen molar-refractivity contribution in [3.05, 3.63) is 23.8 Å². The van der Waals surface area contributed by atoms with E-state index in [9.17, 15) is 8.42 Å². The maximum absolute atomic E-state index is 12.2. The molecule has 0 amide bonds. The summed E-state index contributed by atoms with van der Waals surface area (Å²) >= 11 is 0. The summed E-state index contributed by atoms with van der Waals surface area (Å²) in [6.07, 6.45) is 3.23. The maximum atomic E-state index is 12.2. The molecule has 1 aliphatic rings. The van der Waals surface area contributed by atoms with Crippen molar-refractivity contribution in [3.63, 3.8) is 0 Å². The van der Waals surface area contributed by atoms with Gasteiger partial charge >= 0.3 is 0 Å². The molecule has 19 heavy (non-hydrogen) atoms. The predicted octanol–water partition coefficient (Wildman–Crippen LogP) is 1.61. The minimum absolute atomic E-state index is 0.0365. The molecule has 1 aromatic rings. The second-order valence-corrected chi connectivity index (χ2v) is 7.09. The van der Waals surface area contributed by atoms with Gasteiger partial charge in [-0.1, -0.05) is 13.3 Å². The standard InChI is InChI=1S/C13H17N3O2S/c1-13(5-2-6-13)9-16-19(17,18)12-4-3-10(8-14)7-11(12)15/h3-4,7,16H,2,5-6,9,15H2,1H3. The summed E-state index contributed by atoms with van der Waals surface area (Å²) in [4.78, 5) is 0.0365. The minimum Gasteiger partial charge on any atom is -0.398 e. The van der Waals surface area contributed by atoms with E-state index in [2.05, 4.69) is 11.6 Å². The van der Waals surface area contributed by atoms with Crippen molar-refractivity contribution in [3.8, 4) is 6.07 Å². The van der Waals surface area contributed by atoms with Crippen molar-refractivity contribution < 1.29 is 8.42 Å². The number of benzene rings is 1. The summed E-state index contributed by atoms with van der Waals surface area (Å²) in [5.74, 6) is 0. The smallest absolute Gasteiger partial charge is 0.242 e. The number of sulfonamides is 1. The van der Waals surface area contributed by atoms with Crippen LogP contribution < -0.4 is 10.5 Å². The van der Waals surface area contributed by atoms with Gasteiger partial charge in [-0.25, -0.2) is 13.1 Å². The number of hydrogen-bond acceptors (Lipinski definition) is 4. The van der Waals surface area contributed by atoms with Crippen molar-refractivity contribution in [1.29, 1.82) is 5.26 Å². The number of nitriles is 1. The summed E-state index contributed by atoms with van der Waals surface area (Å²) in [5.41, 5.74) is 6.21. The van der Waals surface area contributed by atoms with Gasteiger partial charge in [0.25, 0.3) is 0 Å². The van der Waals surface area contributed by atoms with Crippen LogP contribution in [0.3, 0.4) is 0 Å². The van der Waals surface area contributed by atoms with Crippen LogP contribution in [0.15, 0.2) is 23.1 Å². The fourth-order valence-electron chi connectivity index (χ4n) is 2.17. The molecule has 0 bridgehead atoms. The normalized spacial score (nSPS) is 17.5. The van der Waals surface area contributed by atoms with Crippen LogP contribution in [0, 0.1) is 16.7 Å². The highest BCUT2D eigenvalue weighted by atomic mass is 32.2. The third kappa shape index (κ3) is 2.88. The molecule has 3 N–H and O–H groups in total. The van der Waals surface area contributed by atoms with Crippen LogP contribution in [0.2, 0.25) is 0 Å². The third-order valence-electron chi connectivity index (χ3n) is 3.68. The van der Waals surface area contributed by atoms with Gasteiger partial charge in [0.2, 0.25) is 10.0 Å². The molecule has 6 heteroatoms. The zero-order valence-electron chi connectivity index (χ0n) is 10.8. The molecule has 0 aliphatic heterocycles. The van der Waals surface area contributed by atoms with Crippen LogP contribution in [0.25, 0.3) is 0 Å². The second-order valence-electron chi connectivity index (χ2n) is 5.35. The third-order valence-corrected chi connectivity index (χ3v) is 5.15. The molecule has 0 heterocycles. The molecule has 1 aliphatic carbocycles. The highest BCUT2D eigenvalue weighted by molar-refractivity contribution is 7.89. The van der Waals surface area contributed by atoms with Crippen molar-refractivity contribution in [2.45, 2.75) is 31.1 Å². The number of nitrogen functional groups attached to an aromatic ring is 1. The summed E-state index contributed by atoms with van der Waals surface area (Å²) in [6.45, 7) is 2.50. The Labute approximate surface area is 113 Å². The van der Waals surface area contributed by atoms with E-state index in [0.29, 0.717) is 12.1 Å². The van der Waals surface area contributed by atoms with Crippen molar-refractivity contribution >= 4 is 15.7 Å². The van der Waals surface area contributed by atoms with E-state index in [0.717, 1.165) is 19.3 Å². The molecular weight excluding hydrogens is 262 g/mol. The number of nitrogens with zero attached hydrogens (tertiary/aromatic N) is 1. The van der Waals surface area contributed by atoms with Crippen molar-refractivity contribution in [2.24, 2.45) is 5.41 Å². The van der Waals surface area contributed by atoms with Crippen LogP contribution in [0.4, 0.5) is 5.69 Å². The van der Waals surface area contributed by atoms with Gasteiger partial charge in [0, 0.05) is 6.54 Å². The zero-order valence-corrected chi connectivity index (χ0v) is 11.6. The predicted molar refractivity (Wildman–Crippen MR) is 72.7 cm³/mol. The molecule has 1 aromatic carbocycles. The van der Waals surface area contributed by atoms with Gasteiger partial charge < -0.3 is 5.73 Å². The Morgan fingerprint density at radius 3 is 2.63 bits per heavy atom. The fraction of sp³-hybridized carbons (Fsp3) is 0.462. The Bertz CT molecular complexity index is 628. The van der Waals surface area contributed by atoms with Gasteiger partial charge in [0.05, 0.1) is 17.3 Å². The van der Waals surface area contributed by atoms with E-state index >= 15 is 0 Å². The molecule has 1 saturated carbocycles. The molecule has 0 radical (unpaired) electrons. The molecule has 2 rings (SSSR count). The molecule has 0 saturated heterocycles. The first kappa shape index (κ1) is 13.8. The van der Waals surface area contributed by atoms with Crippen LogP contribution >= 0.6 is 0 Å². The average Bonchev–Trinajstić information content (AvgIpc) is 2.33. The number of rotatable bonds is 4. The van der Waals surface area contributed by atoms with Crippen LogP contribution in [-0.4, -0.2) is 15.0 Å². The van der Waals surface area contributed by atoms with Gasteiger partial charge in [0.1, 0.15) is 4.90 Å². The van der Waals surface area contributed by atoms with E-state index in [1.165, 1.54) is 18.2 Å². The zero-order chi connectivity index (χ0) is 14.1. The number of anilines is 1. The highest BCUT2D eigenvalue weighted by Gasteiger charge is 2.33. The topological polar surface area (TPSA) is 96.0 Å². The van der Waals surface area contributed by atoms with E-state index < -0.39 is 10.0 Å². The van der Waals surface area contributed by atoms with Crippen molar-refractivity contribution in [1.82, 2.24) is 4.72 Å². The van der Waals surface area contributed by atoms with Crippen LogP contribution in [-0.2, 0) is 10.0 Å². The molecule has 5 nitrogen and oxygen atoms in total. The Hall–Kier alpha value is -1.58. The molecular formula is C13H17N3O2S. The number of nitrogens with two attached hydrogens (primary N) is 1. The first-order valence-electron chi connectivity index (χ1n) is 6.16. The highest BCUT2D eigenvalue weighted by Crippen LogP contribution is 2.39. The number of hydrogen-bond donors (Lipinski definition) is 2. The Morgan fingerprint density at radius 1 is 1.47 bits per heavy atom. The first-order chi connectivity index (χ1) is 8.86. The van der Waals surface area contributed by atoms with Crippen LogP contribution in [0.1, 0.15) is 31.7 Å². The molecule has 1 fully saturated rings. The monoisotopic (exact) mass is 279 g/mol. The molecule has 0 spiro atoms. The SMILES string of the molecule is CC1(CNS(=O)(=O)c2ccc(C#N)cc2N)CCC1. The molecule has 0 atom stereocenters. The van der Waals surface area contributed by atoms with Gasteiger partial charge in [-0.05, 0) is 36.5 Å². The maximum Gasteiger partial charge on any atom is 0.242 e. The summed E-state index contributed by atoms with van der Waals surface area (Å²) in [6, 6.07) is 6.13. The Morgan fingerprint density at radius 2 is 2.16 bits per heavy atom. The first-order valence-corrected chi connectivity index (χ1v) is 7.64. The van der Waals surface area contributed by atoms with Crippen molar-refractivity contribution in [2.75, 3.05) is 12.3 Å². The lowest BCUT2D eigenvalue weighted by molar-refractivity contribution is 0.166. The second kappa shape index (κ2) is 4.83. The lowest BCUT2D eigenvalue weighted by Crippen LogP contribution is -2.40. The van der Waals surface area contributed by atoms with Crippen LogP contribution in [0.5, 0.6) is 0 Å². The number of nitrogens with one attached hydrogen (secondary N) is 1.